The van der Waals surface area contributed by atoms with Crippen molar-refractivity contribution in [3.8, 4) is 0 Å². The van der Waals surface area contributed by atoms with Gasteiger partial charge in [0.15, 0.2) is 0 Å². The number of aromatic nitrogens is 1. The molecule has 1 N–H and O–H groups in total. The Morgan fingerprint density at radius 3 is 2.00 bits per heavy atom. The van der Waals surface area contributed by atoms with E-state index in [0.717, 1.165) is 17.7 Å². The average molecular weight is 626 g/mol. The first kappa shape index (κ1) is 30.0. The molecule has 3 aromatic carbocycles. The number of alkyl halides is 7. The van der Waals surface area contributed by atoms with Crippen molar-refractivity contribution in [2.24, 2.45) is 0 Å². The number of nitrogens with zero attached hydrogens (tertiary/aromatic N) is 1. The molecule has 1 heterocycles. The number of carbonyl (C=O) groups is 1. The van der Waals surface area contributed by atoms with Gasteiger partial charge in [0.05, 0.1) is 21.1 Å². The maximum absolute atomic E-state index is 14.5. The second-order valence-corrected chi connectivity index (χ2v) is 10.2. The zero-order valence-corrected chi connectivity index (χ0v) is 22.4. The van der Waals surface area contributed by atoms with E-state index in [-0.39, 0.29) is 35.7 Å². The van der Waals surface area contributed by atoms with Crippen molar-refractivity contribution in [1.82, 2.24) is 9.88 Å². The molecule has 0 unspecified atom stereocenters. The average Bonchev–Trinajstić information content (AvgIpc) is 3.34. The number of hydrogen-bond acceptors (Lipinski definition) is 1. The largest absolute Gasteiger partial charge is 0.435 e. The Bertz CT molecular complexity index is 1520. The summed E-state index contributed by atoms with van der Waals surface area (Å²) in [5, 5.41) is 1.55. The third-order valence-corrected chi connectivity index (χ3v) is 7.26. The Hall–Kier alpha value is -2.95. The monoisotopic (exact) mass is 624 g/mol. The molecule has 0 saturated heterocycles. The van der Waals surface area contributed by atoms with Crippen LogP contribution in [-0.2, 0) is 18.6 Å². The van der Waals surface area contributed by atoms with Crippen LogP contribution in [0.4, 0.5) is 30.7 Å². The van der Waals surface area contributed by atoms with Gasteiger partial charge in [-0.2, -0.15) is 26.3 Å². The molecule has 0 saturated carbocycles. The third-order valence-electron chi connectivity index (χ3n) is 6.30. The van der Waals surface area contributed by atoms with Crippen molar-refractivity contribution in [3.63, 3.8) is 0 Å². The first-order valence-electron chi connectivity index (χ1n) is 11.5. The van der Waals surface area contributed by atoms with Crippen LogP contribution in [0.2, 0.25) is 15.1 Å². The van der Waals surface area contributed by atoms with E-state index in [2.05, 4.69) is 4.98 Å². The molecule has 212 valence electrons. The summed E-state index contributed by atoms with van der Waals surface area (Å²) in [7, 11) is 0. The molecule has 4 rings (SSSR count). The molecule has 0 aliphatic rings. The molecule has 40 heavy (non-hydrogen) atoms. The summed E-state index contributed by atoms with van der Waals surface area (Å²) in [6.07, 6.45) is -10.6. The number of amides is 1. The van der Waals surface area contributed by atoms with Gasteiger partial charge >= 0.3 is 18.0 Å². The van der Waals surface area contributed by atoms with E-state index >= 15 is 0 Å². The number of H-pyrrole nitrogens is 1. The van der Waals surface area contributed by atoms with Crippen molar-refractivity contribution in [2.75, 3.05) is 6.54 Å². The van der Waals surface area contributed by atoms with Crippen LogP contribution < -0.4 is 0 Å². The van der Waals surface area contributed by atoms with Crippen molar-refractivity contribution < 1.29 is 35.5 Å². The second kappa shape index (κ2) is 11.1. The fourth-order valence-corrected chi connectivity index (χ4v) is 4.78. The SMILES string of the molecule is O=C(c1cc(Cl)cc2cc[nH]c12)N(CCc1ccc(Cl)c(Cl)c1)Cc1ccc(C(F)(C(F)(F)F)C(F)(F)F)cc1. The van der Waals surface area contributed by atoms with Gasteiger partial charge in [0.25, 0.3) is 5.91 Å². The first-order chi connectivity index (χ1) is 18.6. The summed E-state index contributed by atoms with van der Waals surface area (Å²) in [4.78, 5) is 18.0. The Balaban J connectivity index is 1.67. The third kappa shape index (κ3) is 5.89. The number of halogens is 10. The molecule has 0 fully saturated rings. The molecular formula is C27H18Cl3F7N2O. The lowest BCUT2D eigenvalue weighted by atomic mass is 9.93. The van der Waals surface area contributed by atoms with Crippen LogP contribution in [0.1, 0.15) is 27.0 Å². The maximum Gasteiger partial charge on any atom is 0.435 e. The van der Waals surface area contributed by atoms with E-state index in [1.807, 2.05) is 0 Å². The lowest BCUT2D eigenvalue weighted by molar-refractivity contribution is -0.348. The highest BCUT2D eigenvalue weighted by molar-refractivity contribution is 6.42. The Kier molecular flexibility index (Phi) is 8.36. The summed E-state index contributed by atoms with van der Waals surface area (Å²) in [6.45, 7) is -0.141. The molecule has 0 bridgehead atoms. The highest BCUT2D eigenvalue weighted by Crippen LogP contribution is 2.53. The van der Waals surface area contributed by atoms with E-state index in [1.165, 1.54) is 11.0 Å². The Morgan fingerprint density at radius 2 is 1.40 bits per heavy atom. The summed E-state index contributed by atoms with van der Waals surface area (Å²) in [6, 6.07) is 12.4. The van der Waals surface area contributed by atoms with Gasteiger partial charge in [-0.15, -0.1) is 0 Å². The summed E-state index contributed by atoms with van der Waals surface area (Å²) >= 11 is 18.2. The number of nitrogens with one attached hydrogen (secondary N) is 1. The number of benzene rings is 3. The van der Waals surface area contributed by atoms with Crippen molar-refractivity contribution in [1.29, 1.82) is 0 Å². The minimum absolute atomic E-state index is 0.0748. The predicted molar refractivity (Wildman–Crippen MR) is 140 cm³/mol. The summed E-state index contributed by atoms with van der Waals surface area (Å²) < 4.78 is 93.4. The number of aromatic amines is 1. The molecule has 1 aromatic heterocycles. The van der Waals surface area contributed by atoms with Gasteiger partial charge in [0.1, 0.15) is 0 Å². The van der Waals surface area contributed by atoms with Gasteiger partial charge in [-0.05, 0) is 47.9 Å². The lowest BCUT2D eigenvalue weighted by Crippen LogP contribution is -2.50. The van der Waals surface area contributed by atoms with Gasteiger partial charge < -0.3 is 9.88 Å². The number of hydrogen-bond donors (Lipinski definition) is 1. The van der Waals surface area contributed by atoms with Crippen LogP contribution in [0.25, 0.3) is 10.9 Å². The predicted octanol–water partition coefficient (Wildman–Crippen LogP) is 9.30. The highest BCUT2D eigenvalue weighted by atomic mass is 35.5. The molecule has 0 atom stereocenters. The highest BCUT2D eigenvalue weighted by Gasteiger charge is 2.73. The van der Waals surface area contributed by atoms with E-state index < -0.39 is 29.5 Å². The van der Waals surface area contributed by atoms with Crippen LogP contribution >= 0.6 is 34.8 Å². The molecule has 1 amide bonds. The Morgan fingerprint density at radius 1 is 0.775 bits per heavy atom. The van der Waals surface area contributed by atoms with E-state index in [1.54, 1.807) is 36.5 Å². The maximum atomic E-state index is 14.5. The first-order valence-corrected chi connectivity index (χ1v) is 12.7. The van der Waals surface area contributed by atoms with E-state index in [9.17, 15) is 35.5 Å². The van der Waals surface area contributed by atoms with Gasteiger partial charge in [-0.25, -0.2) is 4.39 Å². The van der Waals surface area contributed by atoms with Crippen molar-refractivity contribution in [3.05, 3.63) is 104 Å². The molecule has 13 heteroatoms. The van der Waals surface area contributed by atoms with Gasteiger partial charge in [0.2, 0.25) is 0 Å². The van der Waals surface area contributed by atoms with E-state index in [0.29, 0.717) is 33.1 Å². The zero-order chi connectivity index (χ0) is 29.5. The van der Waals surface area contributed by atoms with Crippen LogP contribution in [0.5, 0.6) is 0 Å². The van der Waals surface area contributed by atoms with Crippen molar-refractivity contribution in [2.45, 2.75) is 31.0 Å². The molecule has 0 aliphatic carbocycles. The minimum atomic E-state index is -6.23. The minimum Gasteiger partial charge on any atom is -0.361 e. The topological polar surface area (TPSA) is 36.1 Å². The van der Waals surface area contributed by atoms with E-state index in [4.69, 9.17) is 34.8 Å². The smallest absolute Gasteiger partial charge is 0.361 e. The van der Waals surface area contributed by atoms with Crippen LogP contribution in [0.15, 0.2) is 66.9 Å². The zero-order valence-electron chi connectivity index (χ0n) is 20.1. The van der Waals surface area contributed by atoms with Crippen LogP contribution in [-0.4, -0.2) is 34.7 Å². The normalized spacial score (nSPS) is 12.7. The van der Waals surface area contributed by atoms with Crippen LogP contribution in [0.3, 0.4) is 0 Å². The van der Waals surface area contributed by atoms with Gasteiger partial charge in [-0.1, -0.05) is 65.1 Å². The van der Waals surface area contributed by atoms with Gasteiger partial charge in [-0.3, -0.25) is 4.79 Å². The van der Waals surface area contributed by atoms with Gasteiger partial charge in [0, 0.05) is 35.3 Å². The molecule has 4 aromatic rings. The quantitative estimate of drug-likeness (QED) is 0.204. The number of carbonyl (C=O) groups excluding carboxylic acids is 1. The molecule has 3 nitrogen and oxygen atoms in total. The molecule has 0 radical (unpaired) electrons. The molecule has 0 aliphatic heterocycles. The molecular weight excluding hydrogens is 608 g/mol. The fourth-order valence-electron chi connectivity index (χ4n) is 4.23. The summed E-state index contributed by atoms with van der Waals surface area (Å²) in [5.41, 5.74) is -5.59. The Labute approximate surface area is 238 Å². The fraction of sp³-hybridized carbons (Fsp3) is 0.222. The summed E-state index contributed by atoms with van der Waals surface area (Å²) in [5.74, 6) is -0.510. The second-order valence-electron chi connectivity index (χ2n) is 8.97. The standard InChI is InChI=1S/C27H18Cl3F7N2O/c28-19-12-17-7-9-38-23(17)20(13-19)24(40)39(10-8-15-3-6-21(29)22(30)11-15)14-16-1-4-18(5-2-16)25(31,26(32,33)34)27(35,36)37/h1-7,9,11-13,38H,8,10,14H2. The number of rotatable bonds is 7. The number of fused-ring (bicyclic) bond motifs is 1. The van der Waals surface area contributed by atoms with Crippen molar-refractivity contribution >= 4 is 51.6 Å². The van der Waals surface area contributed by atoms with Crippen LogP contribution in [0, 0.1) is 0 Å². The molecule has 0 spiro atoms. The lowest BCUT2D eigenvalue weighted by Gasteiger charge is -2.30.